The average Bonchev–Trinajstić information content (AvgIpc) is 3.50. The molecule has 2 aromatic carbocycles. The Morgan fingerprint density at radius 2 is 1.88 bits per heavy atom. The van der Waals surface area contributed by atoms with Crippen LogP contribution in [0.4, 0.5) is 0 Å². The summed E-state index contributed by atoms with van der Waals surface area (Å²) >= 11 is 0. The zero-order valence-corrected chi connectivity index (χ0v) is 19.5. The third kappa shape index (κ3) is 4.37. The van der Waals surface area contributed by atoms with Crippen LogP contribution in [-0.2, 0) is 9.53 Å². The summed E-state index contributed by atoms with van der Waals surface area (Å²) in [6.07, 6.45) is 9.47. The van der Waals surface area contributed by atoms with Gasteiger partial charge in [-0.3, -0.25) is 4.79 Å². The van der Waals surface area contributed by atoms with Gasteiger partial charge in [-0.15, -0.1) is 0 Å². The van der Waals surface area contributed by atoms with Crippen molar-refractivity contribution in [1.29, 1.82) is 0 Å². The molecule has 0 radical (unpaired) electrons. The van der Waals surface area contributed by atoms with Crippen molar-refractivity contribution < 1.29 is 14.3 Å². The van der Waals surface area contributed by atoms with Crippen LogP contribution >= 0.6 is 0 Å². The number of esters is 1. The maximum atomic E-state index is 12.4. The minimum absolute atomic E-state index is 0.152. The summed E-state index contributed by atoms with van der Waals surface area (Å²) in [4.78, 5) is 18.8. The van der Waals surface area contributed by atoms with Crippen LogP contribution in [0.2, 0.25) is 0 Å². The second-order valence-electron chi connectivity index (χ2n) is 9.20. The normalized spacial score (nSPS) is 17.4. The van der Waals surface area contributed by atoms with Crippen molar-refractivity contribution in [2.75, 3.05) is 27.8 Å². The minimum Gasteiger partial charge on any atom is -0.492 e. The van der Waals surface area contributed by atoms with Gasteiger partial charge in [0, 0.05) is 18.4 Å². The van der Waals surface area contributed by atoms with Crippen molar-refractivity contribution >= 4 is 16.7 Å². The van der Waals surface area contributed by atoms with Gasteiger partial charge in [-0.1, -0.05) is 31.0 Å². The number of nitrogens with zero attached hydrogens (tertiary/aromatic N) is 3. The highest BCUT2D eigenvalue weighted by Gasteiger charge is 2.43. The average molecular weight is 436 g/mol. The van der Waals surface area contributed by atoms with E-state index in [-0.39, 0.29) is 12.0 Å². The van der Waals surface area contributed by atoms with Crippen LogP contribution in [-0.4, -0.2) is 54.3 Å². The number of aromatic nitrogens is 2. The molecule has 0 spiro atoms. The molecule has 6 heteroatoms. The summed E-state index contributed by atoms with van der Waals surface area (Å²) in [5.41, 5.74) is 0.731. The molecule has 1 aliphatic carbocycles. The molecule has 2 unspecified atom stereocenters. The van der Waals surface area contributed by atoms with E-state index in [1.807, 2.05) is 24.8 Å². The second kappa shape index (κ2) is 9.33. The van der Waals surface area contributed by atoms with E-state index in [4.69, 9.17) is 9.47 Å². The number of imidazole rings is 1. The Morgan fingerprint density at radius 1 is 1.16 bits per heavy atom. The fourth-order valence-electron chi connectivity index (χ4n) is 4.83. The number of hydrogen-bond acceptors (Lipinski definition) is 5. The standard InChI is InChI=1S/C26H33N3O3/c1-19(28(2)3)24(29-14-13-27-18-29)22-8-7-21-16-23(10-9-20(21)15-22)32-17-26(25(30)31-4)11-5-6-12-26/h7-10,13-16,18-19,24H,5-6,11-12,17H2,1-4H3. The Hall–Kier alpha value is -2.86. The van der Waals surface area contributed by atoms with Gasteiger partial charge in [-0.25, -0.2) is 4.98 Å². The van der Waals surface area contributed by atoms with E-state index < -0.39 is 5.41 Å². The Morgan fingerprint density at radius 3 is 2.53 bits per heavy atom. The maximum Gasteiger partial charge on any atom is 0.315 e. The molecule has 6 nitrogen and oxygen atoms in total. The molecule has 0 saturated heterocycles. The summed E-state index contributed by atoms with van der Waals surface area (Å²) < 4.78 is 13.3. The molecule has 2 atom stereocenters. The number of ether oxygens (including phenoxy) is 2. The fourth-order valence-corrected chi connectivity index (χ4v) is 4.83. The first-order valence-electron chi connectivity index (χ1n) is 11.3. The third-order valence-electron chi connectivity index (χ3n) is 6.99. The van der Waals surface area contributed by atoms with Crippen molar-refractivity contribution in [3.63, 3.8) is 0 Å². The first-order valence-corrected chi connectivity index (χ1v) is 11.3. The van der Waals surface area contributed by atoms with Gasteiger partial charge in [0.2, 0.25) is 0 Å². The smallest absolute Gasteiger partial charge is 0.315 e. The zero-order valence-electron chi connectivity index (χ0n) is 19.5. The molecule has 1 heterocycles. The minimum atomic E-state index is -0.506. The summed E-state index contributed by atoms with van der Waals surface area (Å²) in [6.45, 7) is 2.60. The molecule has 3 aromatic rings. The topological polar surface area (TPSA) is 56.6 Å². The molecule has 1 saturated carbocycles. The molecule has 1 fully saturated rings. The summed E-state index contributed by atoms with van der Waals surface area (Å²) in [7, 11) is 5.67. The van der Waals surface area contributed by atoms with Crippen LogP contribution in [0.1, 0.15) is 44.2 Å². The summed E-state index contributed by atoms with van der Waals surface area (Å²) in [5.74, 6) is 0.634. The zero-order chi connectivity index (χ0) is 22.7. The Balaban J connectivity index is 1.57. The van der Waals surface area contributed by atoms with Crippen molar-refractivity contribution in [2.24, 2.45) is 5.41 Å². The molecular weight excluding hydrogens is 402 g/mol. The van der Waals surface area contributed by atoms with E-state index in [1.165, 1.54) is 12.7 Å². The lowest BCUT2D eigenvalue weighted by atomic mass is 9.87. The lowest BCUT2D eigenvalue weighted by Crippen LogP contribution is -2.35. The first-order chi connectivity index (χ1) is 15.4. The van der Waals surface area contributed by atoms with Crippen LogP contribution in [0.5, 0.6) is 5.75 Å². The van der Waals surface area contributed by atoms with Crippen molar-refractivity contribution in [3.05, 3.63) is 60.7 Å². The highest BCUT2D eigenvalue weighted by Crippen LogP contribution is 2.40. The van der Waals surface area contributed by atoms with Gasteiger partial charge in [-0.2, -0.15) is 0 Å². The number of likely N-dealkylation sites (N-methyl/N-ethyl adjacent to an activating group) is 1. The number of methoxy groups -OCH3 is 1. The van der Waals surface area contributed by atoms with Crippen molar-refractivity contribution in [1.82, 2.24) is 14.5 Å². The number of benzene rings is 2. The van der Waals surface area contributed by atoms with Gasteiger partial charge in [0.15, 0.2) is 0 Å². The maximum absolute atomic E-state index is 12.4. The molecule has 1 aromatic heterocycles. The highest BCUT2D eigenvalue weighted by molar-refractivity contribution is 5.84. The molecular formula is C26H33N3O3. The van der Waals surface area contributed by atoms with E-state index in [1.54, 1.807) is 0 Å². The number of carbonyl (C=O) groups excluding carboxylic acids is 1. The van der Waals surface area contributed by atoms with E-state index in [2.05, 4.69) is 65.8 Å². The van der Waals surface area contributed by atoms with Crippen LogP contribution in [0, 0.1) is 5.41 Å². The van der Waals surface area contributed by atoms with Crippen molar-refractivity contribution in [2.45, 2.75) is 44.7 Å². The lowest BCUT2D eigenvalue weighted by Gasteiger charge is -2.31. The SMILES string of the molecule is COC(=O)C1(COc2ccc3cc(C(C(C)N(C)C)n4ccnc4)ccc3c2)CCCC1. The second-order valence-corrected chi connectivity index (χ2v) is 9.20. The van der Waals surface area contributed by atoms with E-state index >= 15 is 0 Å². The first kappa shape index (κ1) is 22.3. The lowest BCUT2D eigenvalue weighted by molar-refractivity contribution is -0.154. The van der Waals surface area contributed by atoms with Gasteiger partial charge in [0.25, 0.3) is 0 Å². The van der Waals surface area contributed by atoms with E-state index in [0.717, 1.165) is 42.2 Å². The van der Waals surface area contributed by atoms with Gasteiger partial charge < -0.3 is 18.9 Å². The molecule has 1 aliphatic rings. The van der Waals surface area contributed by atoms with Crippen LogP contribution in [0.25, 0.3) is 10.8 Å². The Labute approximate surface area is 190 Å². The molecule has 0 amide bonds. The van der Waals surface area contributed by atoms with Gasteiger partial charge in [-0.05, 0) is 68.4 Å². The number of hydrogen-bond donors (Lipinski definition) is 0. The van der Waals surface area contributed by atoms with Crippen molar-refractivity contribution in [3.8, 4) is 5.75 Å². The van der Waals surface area contributed by atoms with Gasteiger partial charge >= 0.3 is 5.97 Å². The molecule has 0 bridgehead atoms. The largest absolute Gasteiger partial charge is 0.492 e. The van der Waals surface area contributed by atoms with Gasteiger partial charge in [0.1, 0.15) is 17.8 Å². The molecule has 32 heavy (non-hydrogen) atoms. The molecule has 4 rings (SSSR count). The third-order valence-corrected chi connectivity index (χ3v) is 6.99. The summed E-state index contributed by atoms with van der Waals surface area (Å²) in [5, 5.41) is 2.28. The Bertz CT molecular complexity index is 1060. The predicted octanol–water partition coefficient (Wildman–Crippen LogP) is 4.69. The fraction of sp³-hybridized carbons (Fsp3) is 0.462. The van der Waals surface area contributed by atoms with Crippen LogP contribution in [0.15, 0.2) is 55.1 Å². The van der Waals surface area contributed by atoms with Crippen LogP contribution < -0.4 is 4.74 Å². The summed E-state index contributed by atoms with van der Waals surface area (Å²) in [6, 6.07) is 13.2. The van der Waals surface area contributed by atoms with E-state index in [0.29, 0.717) is 12.6 Å². The quantitative estimate of drug-likeness (QED) is 0.481. The van der Waals surface area contributed by atoms with Gasteiger partial charge in [0.05, 0.1) is 19.5 Å². The van der Waals surface area contributed by atoms with Crippen LogP contribution in [0.3, 0.4) is 0 Å². The monoisotopic (exact) mass is 435 g/mol. The number of carbonyl (C=O) groups is 1. The number of fused-ring (bicyclic) bond motifs is 1. The molecule has 0 N–H and O–H groups in total. The Kier molecular flexibility index (Phi) is 6.51. The van der Waals surface area contributed by atoms with E-state index in [9.17, 15) is 4.79 Å². The predicted molar refractivity (Wildman–Crippen MR) is 126 cm³/mol. The number of rotatable bonds is 8. The molecule has 170 valence electrons. The molecule has 0 aliphatic heterocycles. The highest BCUT2D eigenvalue weighted by atomic mass is 16.5.